The van der Waals surface area contributed by atoms with E-state index in [9.17, 15) is 43.2 Å². The van der Waals surface area contributed by atoms with E-state index in [-0.39, 0.29) is 88.0 Å². The molecule has 422 valence electrons. The summed E-state index contributed by atoms with van der Waals surface area (Å²) < 4.78 is 36.5. The van der Waals surface area contributed by atoms with Gasteiger partial charge in [-0.2, -0.15) is 0 Å². The number of rotatable bonds is 36. The second-order valence-electron chi connectivity index (χ2n) is 19.4. The van der Waals surface area contributed by atoms with Crippen LogP contribution in [0.5, 0.6) is 0 Å². The molecule has 0 heterocycles. The minimum atomic E-state index is -1.17. The van der Waals surface area contributed by atoms with Crippen molar-refractivity contribution in [3.63, 3.8) is 0 Å². The van der Waals surface area contributed by atoms with E-state index in [0.717, 1.165) is 11.1 Å². The smallest absolute Gasteiger partial charge is 0.307 e. The monoisotopic (exact) mass is 1060 g/mol. The van der Waals surface area contributed by atoms with Crippen LogP contribution in [0, 0.1) is 17.8 Å². The van der Waals surface area contributed by atoms with Crippen LogP contribution in [-0.4, -0.2) is 131 Å². The first kappa shape index (κ1) is 69.3. The van der Waals surface area contributed by atoms with Crippen LogP contribution in [-0.2, 0) is 89.5 Å². The molecule has 19 heteroatoms. The topological polar surface area (TPSA) is 268 Å². The van der Waals surface area contributed by atoms with Crippen molar-refractivity contribution in [1.29, 1.82) is 0 Å². The molecule has 0 saturated heterocycles. The molecule has 0 unspecified atom stereocenters. The number of nitrogens with two attached hydrogens (primary N) is 1. The summed E-state index contributed by atoms with van der Waals surface area (Å²) in [6.07, 6.45) is -1.28. The summed E-state index contributed by atoms with van der Waals surface area (Å²) in [4.78, 5) is 116. The molecule has 0 saturated carbocycles. The molecule has 0 spiro atoms. The van der Waals surface area contributed by atoms with Gasteiger partial charge in [0.2, 0.25) is 11.8 Å². The van der Waals surface area contributed by atoms with Crippen molar-refractivity contribution in [2.24, 2.45) is 23.5 Å². The van der Waals surface area contributed by atoms with Gasteiger partial charge in [0.05, 0.1) is 57.5 Å². The van der Waals surface area contributed by atoms with Gasteiger partial charge in [-0.05, 0) is 84.3 Å². The fourth-order valence-electron chi connectivity index (χ4n) is 6.80. The molecule has 2 aromatic carbocycles. The zero-order valence-electron chi connectivity index (χ0n) is 46.2. The number of Topliss-reactive ketones (excluding diaryl/α,β-unsaturated/α-hetero) is 4. The molecule has 4 atom stereocenters. The molecule has 0 aromatic heterocycles. The highest BCUT2D eigenvalue weighted by Crippen LogP contribution is 2.21. The van der Waals surface area contributed by atoms with Gasteiger partial charge < -0.3 is 59.1 Å². The second kappa shape index (κ2) is 41.5. The Bertz CT molecular complexity index is 1960. The fraction of sp³-hybridized carbons (Fsp3) is 0.625. The van der Waals surface area contributed by atoms with Gasteiger partial charge in [-0.1, -0.05) is 74.5 Å². The normalized spacial score (nSPS) is 12.5. The molecule has 19 nitrogen and oxygen atoms in total. The van der Waals surface area contributed by atoms with Crippen LogP contribution in [0.15, 0.2) is 60.7 Å². The van der Waals surface area contributed by atoms with Crippen molar-refractivity contribution < 1.29 is 76.3 Å². The number of esters is 3. The predicted octanol–water partition coefficient (Wildman–Crippen LogP) is 6.17. The van der Waals surface area contributed by atoms with E-state index in [0.29, 0.717) is 46.0 Å². The standard InChI is InChI=1S/C48H68N2O13.C5H13NO2.C3H6O/c1-33(2)27-40(50-47(58)38(28-34(3)51)30-45(56)63-48(4,5)6)42(53)29-37(20-22-43(54)61-31-35-15-10-8-11-16-35)46(57)49-39(41(52)19-14-24-60-26-25-59-7)21-23-44(55)62-32-36-17-12-9-13-18-36;1-7-4-5-8-3-2-6;1-3(2)4/h8-13,15-18,33,37-40H,14,19-32H2,1-7H3,(H,49,57)(H,50,58);2-6H2,1H3;1-2H3/t37-,38+,39-,40-;;/m1../s1. The molecule has 0 radical (unpaired) electrons. The Labute approximate surface area is 444 Å². The van der Waals surface area contributed by atoms with Crippen molar-refractivity contribution in [3.05, 3.63) is 71.8 Å². The van der Waals surface area contributed by atoms with Crippen LogP contribution in [0.25, 0.3) is 0 Å². The molecule has 0 fully saturated rings. The van der Waals surface area contributed by atoms with Gasteiger partial charge in [0.25, 0.3) is 0 Å². The molecular formula is C56H87N3O16. The molecule has 0 aliphatic carbocycles. The molecule has 2 aromatic rings. The number of amides is 2. The zero-order chi connectivity index (χ0) is 56.6. The lowest BCUT2D eigenvalue weighted by Crippen LogP contribution is -2.48. The largest absolute Gasteiger partial charge is 0.461 e. The number of hydrogen-bond acceptors (Lipinski definition) is 17. The fourth-order valence-corrected chi connectivity index (χ4v) is 6.80. The van der Waals surface area contributed by atoms with Crippen molar-refractivity contribution in [1.82, 2.24) is 10.6 Å². The van der Waals surface area contributed by atoms with Crippen molar-refractivity contribution in [3.8, 4) is 0 Å². The molecular weight excluding hydrogens is 971 g/mol. The number of ether oxygens (including phenoxy) is 7. The molecule has 75 heavy (non-hydrogen) atoms. The van der Waals surface area contributed by atoms with Crippen molar-refractivity contribution in [2.45, 2.75) is 150 Å². The Balaban J connectivity index is 0.00000406. The first-order chi connectivity index (χ1) is 35.5. The van der Waals surface area contributed by atoms with Gasteiger partial charge in [-0.15, -0.1) is 0 Å². The van der Waals surface area contributed by atoms with E-state index >= 15 is 0 Å². The molecule has 0 bridgehead atoms. The Morgan fingerprint density at radius 1 is 0.560 bits per heavy atom. The molecule has 0 aliphatic rings. The Morgan fingerprint density at radius 2 is 1.04 bits per heavy atom. The Kier molecular flexibility index (Phi) is 38.3. The van der Waals surface area contributed by atoms with E-state index in [2.05, 4.69) is 10.6 Å². The number of benzene rings is 2. The lowest BCUT2D eigenvalue weighted by atomic mass is 9.89. The molecule has 0 aliphatic heterocycles. The van der Waals surface area contributed by atoms with Gasteiger partial charge in [-0.3, -0.25) is 33.6 Å². The van der Waals surface area contributed by atoms with Crippen molar-refractivity contribution in [2.75, 3.05) is 60.4 Å². The third kappa shape index (κ3) is 38.5. The summed E-state index contributed by atoms with van der Waals surface area (Å²) in [5.74, 6) is -6.75. The van der Waals surface area contributed by atoms with Gasteiger partial charge in [-0.25, -0.2) is 0 Å². The number of methoxy groups -OCH3 is 2. The highest BCUT2D eigenvalue weighted by molar-refractivity contribution is 5.96. The highest BCUT2D eigenvalue weighted by atomic mass is 16.6. The molecule has 4 N–H and O–H groups in total. The maximum absolute atomic E-state index is 14.2. The summed E-state index contributed by atoms with van der Waals surface area (Å²) in [5, 5.41) is 5.49. The van der Waals surface area contributed by atoms with Gasteiger partial charge in [0.15, 0.2) is 11.6 Å². The summed E-state index contributed by atoms with van der Waals surface area (Å²) in [7, 11) is 3.19. The number of ketones is 4. The second-order valence-corrected chi connectivity index (χ2v) is 19.4. The lowest BCUT2D eigenvalue weighted by Gasteiger charge is -2.26. The quantitative estimate of drug-likeness (QED) is 0.0391. The van der Waals surface area contributed by atoms with E-state index < -0.39 is 77.9 Å². The Morgan fingerprint density at radius 3 is 1.51 bits per heavy atom. The first-order valence-electron chi connectivity index (χ1n) is 25.6. The third-order valence-corrected chi connectivity index (χ3v) is 10.3. The van der Waals surface area contributed by atoms with E-state index in [1.54, 1.807) is 71.4 Å². The van der Waals surface area contributed by atoms with Crippen LogP contribution in [0.4, 0.5) is 0 Å². The zero-order valence-corrected chi connectivity index (χ0v) is 46.2. The summed E-state index contributed by atoms with van der Waals surface area (Å²) in [6.45, 7) is 16.6. The molecule has 2 amide bonds. The summed E-state index contributed by atoms with van der Waals surface area (Å²) >= 11 is 0. The van der Waals surface area contributed by atoms with E-state index in [1.165, 1.54) is 20.8 Å². The van der Waals surface area contributed by atoms with Gasteiger partial charge in [0.1, 0.15) is 30.4 Å². The maximum Gasteiger partial charge on any atom is 0.307 e. The first-order valence-corrected chi connectivity index (χ1v) is 25.6. The van der Waals surface area contributed by atoms with E-state index in [1.807, 2.05) is 38.1 Å². The number of nitrogens with one attached hydrogen (secondary N) is 2. The average Bonchev–Trinajstić information content (AvgIpc) is 3.34. The highest BCUT2D eigenvalue weighted by Gasteiger charge is 2.34. The molecule has 2 rings (SSSR count). The summed E-state index contributed by atoms with van der Waals surface area (Å²) in [6, 6.07) is 15.8. The Hall–Kier alpha value is -5.73. The SMILES string of the molecule is CC(C)=O.COCCOCCCC(=O)[C@@H](CCC(=O)OCc1ccccc1)NC(=O)[C@H](CCC(=O)OCc1ccccc1)CC(=O)[C@@H](CC(C)C)NC(=O)[C@@H](CC(C)=O)CC(=O)OC(C)(C)C.COCCOCCN. The third-order valence-electron chi connectivity index (χ3n) is 10.3. The maximum atomic E-state index is 14.2. The van der Waals surface area contributed by atoms with Crippen molar-refractivity contribution >= 4 is 52.9 Å². The summed E-state index contributed by atoms with van der Waals surface area (Å²) in [5.41, 5.74) is 5.85. The van der Waals surface area contributed by atoms with Crippen LogP contribution >= 0.6 is 0 Å². The lowest BCUT2D eigenvalue weighted by molar-refractivity contribution is -0.157. The number of carbonyl (C=O) groups excluding carboxylic acids is 9. The van der Waals surface area contributed by atoms with Gasteiger partial charge in [0, 0.05) is 65.4 Å². The van der Waals surface area contributed by atoms with Crippen LogP contribution in [0.1, 0.15) is 131 Å². The number of hydrogen-bond donors (Lipinski definition) is 3. The minimum Gasteiger partial charge on any atom is -0.461 e. The van der Waals surface area contributed by atoms with Crippen LogP contribution < -0.4 is 16.4 Å². The van der Waals surface area contributed by atoms with Crippen LogP contribution in [0.2, 0.25) is 0 Å². The minimum absolute atomic E-state index is 0.00514. The number of carbonyl (C=O) groups is 9. The van der Waals surface area contributed by atoms with Gasteiger partial charge >= 0.3 is 17.9 Å². The van der Waals surface area contributed by atoms with Crippen LogP contribution in [0.3, 0.4) is 0 Å². The predicted molar refractivity (Wildman–Crippen MR) is 282 cm³/mol. The van der Waals surface area contributed by atoms with E-state index in [4.69, 9.17) is 38.9 Å². The average molecular weight is 1060 g/mol.